The standard InChI is InChI=1S/C24H38O5/c1-15(2)20(26)29-13-17-12-23-10-7-19-22(3,18(23)6-5-16(17)11-23)8-4-9-24(19,14-25)21(27)28/h15-19,25H,4-14H2,1-3H3,(H,27,28)/t16-,17+,18-,19+,22+,23+,24+/m1/s1. The lowest BCUT2D eigenvalue weighted by molar-refractivity contribution is -0.191. The van der Waals surface area contributed by atoms with Gasteiger partial charge in [0.15, 0.2) is 0 Å². The molecule has 7 atom stereocenters. The Labute approximate surface area is 174 Å². The minimum atomic E-state index is -0.962. The molecular weight excluding hydrogens is 368 g/mol. The number of aliphatic hydroxyl groups is 1. The van der Waals surface area contributed by atoms with Gasteiger partial charge in [-0.1, -0.05) is 27.2 Å². The predicted octanol–water partition coefficient (Wildman–Crippen LogP) is 4.27. The Kier molecular flexibility index (Phi) is 5.28. The van der Waals surface area contributed by atoms with Crippen molar-refractivity contribution in [1.29, 1.82) is 0 Å². The van der Waals surface area contributed by atoms with Gasteiger partial charge in [0, 0.05) is 0 Å². The number of rotatable bonds is 5. The van der Waals surface area contributed by atoms with Crippen LogP contribution < -0.4 is 0 Å². The van der Waals surface area contributed by atoms with Crippen molar-refractivity contribution in [3.63, 3.8) is 0 Å². The average molecular weight is 407 g/mol. The van der Waals surface area contributed by atoms with Crippen molar-refractivity contribution in [3.8, 4) is 0 Å². The maximum atomic E-state index is 12.3. The number of ether oxygens (including phenoxy) is 1. The SMILES string of the molecule is CC(C)C(=O)OC[C@@H]1C[C@@]23CC[C@@H]4[C@](CO)(C(=O)O)CCC[C@@]4(C)[C@H]2CC[C@@H]1C3. The van der Waals surface area contributed by atoms with Crippen LogP contribution in [0.3, 0.4) is 0 Å². The number of aliphatic carboxylic acids is 1. The molecule has 0 aromatic carbocycles. The molecule has 0 heterocycles. The molecule has 2 bridgehead atoms. The molecule has 4 saturated carbocycles. The van der Waals surface area contributed by atoms with Crippen molar-refractivity contribution in [3.05, 3.63) is 0 Å². The zero-order valence-electron chi connectivity index (χ0n) is 18.3. The van der Waals surface area contributed by atoms with E-state index < -0.39 is 11.4 Å². The van der Waals surface area contributed by atoms with Gasteiger partial charge in [0.1, 0.15) is 0 Å². The van der Waals surface area contributed by atoms with Crippen molar-refractivity contribution in [2.45, 2.75) is 78.6 Å². The van der Waals surface area contributed by atoms with Crippen molar-refractivity contribution in [2.24, 2.45) is 45.8 Å². The van der Waals surface area contributed by atoms with Crippen LogP contribution in [-0.4, -0.2) is 35.4 Å². The van der Waals surface area contributed by atoms with Crippen molar-refractivity contribution in [1.82, 2.24) is 0 Å². The number of carboxylic acids is 1. The topological polar surface area (TPSA) is 83.8 Å². The highest BCUT2D eigenvalue weighted by atomic mass is 16.5. The van der Waals surface area contributed by atoms with Crippen LogP contribution in [-0.2, 0) is 14.3 Å². The second kappa shape index (κ2) is 7.25. The molecule has 0 aromatic rings. The Balaban J connectivity index is 1.57. The highest BCUT2D eigenvalue weighted by molar-refractivity contribution is 5.75. The summed E-state index contributed by atoms with van der Waals surface area (Å²) < 4.78 is 5.64. The van der Waals surface area contributed by atoms with E-state index in [0.29, 0.717) is 30.8 Å². The number of esters is 1. The van der Waals surface area contributed by atoms with Gasteiger partial charge in [-0.2, -0.15) is 0 Å². The first-order valence-electron chi connectivity index (χ1n) is 11.7. The van der Waals surface area contributed by atoms with Crippen LogP contribution in [0.4, 0.5) is 0 Å². The molecule has 0 radical (unpaired) electrons. The first kappa shape index (κ1) is 21.1. The van der Waals surface area contributed by atoms with Crippen LogP contribution in [0, 0.1) is 45.8 Å². The summed E-state index contributed by atoms with van der Waals surface area (Å²) in [5.41, 5.74) is -0.692. The number of carbonyl (C=O) groups excluding carboxylic acids is 1. The fourth-order valence-electron chi connectivity index (χ4n) is 8.46. The van der Waals surface area contributed by atoms with E-state index >= 15 is 0 Å². The summed E-state index contributed by atoms with van der Waals surface area (Å²) in [5.74, 6) is 0.701. The number of aliphatic hydroxyl groups excluding tert-OH is 1. The fourth-order valence-corrected chi connectivity index (χ4v) is 8.46. The molecule has 2 N–H and O–H groups in total. The number of carboxylic acid groups (broad SMARTS) is 1. The molecule has 164 valence electrons. The largest absolute Gasteiger partial charge is 0.481 e. The van der Waals surface area contributed by atoms with Gasteiger partial charge in [0.25, 0.3) is 0 Å². The molecule has 4 rings (SSSR count). The third-order valence-electron chi connectivity index (χ3n) is 9.72. The van der Waals surface area contributed by atoms with E-state index in [-0.39, 0.29) is 35.2 Å². The molecule has 0 aliphatic heterocycles. The monoisotopic (exact) mass is 406 g/mol. The number of carbonyl (C=O) groups is 2. The van der Waals surface area contributed by atoms with Crippen LogP contribution in [0.5, 0.6) is 0 Å². The first-order valence-corrected chi connectivity index (χ1v) is 11.7. The van der Waals surface area contributed by atoms with Crippen LogP contribution >= 0.6 is 0 Å². The van der Waals surface area contributed by atoms with Crippen LogP contribution in [0.25, 0.3) is 0 Å². The highest BCUT2D eigenvalue weighted by Gasteiger charge is 2.66. The minimum absolute atomic E-state index is 0.00785. The van der Waals surface area contributed by atoms with E-state index in [2.05, 4.69) is 6.92 Å². The lowest BCUT2D eigenvalue weighted by Gasteiger charge is -2.63. The van der Waals surface area contributed by atoms with Gasteiger partial charge >= 0.3 is 11.9 Å². The second-order valence-electron chi connectivity index (χ2n) is 11.3. The molecule has 4 aliphatic rings. The quantitative estimate of drug-likeness (QED) is 0.666. The molecular formula is C24H38O5. The lowest BCUT2D eigenvalue weighted by Crippen LogP contribution is -2.60. The van der Waals surface area contributed by atoms with Crippen molar-refractivity contribution < 1.29 is 24.5 Å². The Hall–Kier alpha value is -1.10. The van der Waals surface area contributed by atoms with Crippen LogP contribution in [0.2, 0.25) is 0 Å². The Morgan fingerprint density at radius 3 is 2.48 bits per heavy atom. The van der Waals surface area contributed by atoms with Gasteiger partial charge in [-0.3, -0.25) is 9.59 Å². The molecule has 29 heavy (non-hydrogen) atoms. The molecule has 0 amide bonds. The van der Waals surface area contributed by atoms with E-state index in [1.54, 1.807) is 0 Å². The number of fused-ring (bicyclic) bond motifs is 3. The van der Waals surface area contributed by atoms with E-state index in [9.17, 15) is 19.8 Å². The normalized spacial score (nSPS) is 46.1. The Morgan fingerprint density at radius 1 is 1.07 bits per heavy atom. The molecule has 4 aliphatic carbocycles. The smallest absolute Gasteiger partial charge is 0.312 e. The maximum absolute atomic E-state index is 12.3. The molecule has 0 aromatic heterocycles. The summed E-state index contributed by atoms with van der Waals surface area (Å²) in [6.45, 7) is 6.41. The van der Waals surface area contributed by atoms with Crippen molar-refractivity contribution >= 4 is 11.9 Å². The maximum Gasteiger partial charge on any atom is 0.312 e. The van der Waals surface area contributed by atoms with Crippen molar-refractivity contribution in [2.75, 3.05) is 13.2 Å². The van der Waals surface area contributed by atoms with Gasteiger partial charge in [0.05, 0.1) is 24.5 Å². The summed E-state index contributed by atoms with van der Waals surface area (Å²) in [5, 5.41) is 20.2. The molecule has 0 unspecified atom stereocenters. The predicted molar refractivity (Wildman–Crippen MR) is 109 cm³/mol. The van der Waals surface area contributed by atoms with Crippen LogP contribution in [0.1, 0.15) is 78.6 Å². The molecule has 0 saturated heterocycles. The fraction of sp³-hybridized carbons (Fsp3) is 0.917. The molecule has 4 fully saturated rings. The van der Waals surface area contributed by atoms with Gasteiger partial charge in [-0.25, -0.2) is 0 Å². The second-order valence-corrected chi connectivity index (χ2v) is 11.3. The van der Waals surface area contributed by atoms with Crippen LogP contribution in [0.15, 0.2) is 0 Å². The summed E-state index contributed by atoms with van der Waals surface area (Å²) >= 11 is 0. The third-order valence-corrected chi connectivity index (χ3v) is 9.72. The zero-order chi connectivity index (χ0) is 21.0. The van der Waals surface area contributed by atoms with Gasteiger partial charge in [-0.15, -0.1) is 0 Å². The van der Waals surface area contributed by atoms with E-state index in [4.69, 9.17) is 4.74 Å². The van der Waals surface area contributed by atoms with E-state index in [1.807, 2.05) is 13.8 Å². The van der Waals surface area contributed by atoms with Gasteiger partial charge in [0.2, 0.25) is 0 Å². The first-order chi connectivity index (χ1) is 13.7. The van der Waals surface area contributed by atoms with E-state index in [1.165, 1.54) is 6.42 Å². The zero-order valence-corrected chi connectivity index (χ0v) is 18.3. The number of hydrogen-bond acceptors (Lipinski definition) is 4. The summed E-state index contributed by atoms with van der Waals surface area (Å²) in [4.78, 5) is 24.2. The summed E-state index contributed by atoms with van der Waals surface area (Å²) in [7, 11) is 0. The van der Waals surface area contributed by atoms with E-state index in [0.717, 1.165) is 44.9 Å². The highest BCUT2D eigenvalue weighted by Crippen LogP contribution is 2.72. The van der Waals surface area contributed by atoms with Gasteiger partial charge in [-0.05, 0) is 85.9 Å². The average Bonchev–Trinajstić information content (AvgIpc) is 2.94. The summed E-state index contributed by atoms with van der Waals surface area (Å²) in [6.07, 6.45) is 9.21. The number of hydrogen-bond donors (Lipinski definition) is 2. The summed E-state index contributed by atoms with van der Waals surface area (Å²) in [6, 6.07) is 0. The third kappa shape index (κ3) is 3.05. The Morgan fingerprint density at radius 2 is 1.83 bits per heavy atom. The molecule has 1 spiro atoms. The minimum Gasteiger partial charge on any atom is -0.481 e. The Bertz CT molecular complexity index is 674. The molecule has 5 nitrogen and oxygen atoms in total. The van der Waals surface area contributed by atoms with Gasteiger partial charge < -0.3 is 14.9 Å². The lowest BCUT2D eigenvalue weighted by atomic mass is 9.41. The molecule has 5 heteroatoms.